The summed E-state index contributed by atoms with van der Waals surface area (Å²) >= 11 is 0. The maximum absolute atomic E-state index is 12.1. The molecule has 1 saturated carbocycles. The molecular formula is C18H24N4O2. The Morgan fingerprint density at radius 1 is 1.38 bits per heavy atom. The molecule has 1 amide bonds. The van der Waals surface area contributed by atoms with Crippen molar-refractivity contribution in [1.82, 2.24) is 9.55 Å². The topological polar surface area (TPSA) is 82.2 Å². The van der Waals surface area contributed by atoms with Crippen molar-refractivity contribution in [1.29, 1.82) is 0 Å². The van der Waals surface area contributed by atoms with Crippen LogP contribution >= 0.6 is 0 Å². The van der Waals surface area contributed by atoms with Gasteiger partial charge in [-0.3, -0.25) is 4.79 Å². The van der Waals surface area contributed by atoms with E-state index < -0.39 is 0 Å². The summed E-state index contributed by atoms with van der Waals surface area (Å²) in [4.78, 5) is 16.3. The minimum atomic E-state index is 0.0269. The van der Waals surface area contributed by atoms with E-state index in [1.54, 1.807) is 6.20 Å². The summed E-state index contributed by atoms with van der Waals surface area (Å²) < 4.78 is 7.62. The first-order valence-electron chi connectivity index (χ1n) is 8.36. The number of carbonyl (C=O) groups is 1. The number of ether oxygens (including phenoxy) is 1. The first kappa shape index (κ1) is 16.5. The van der Waals surface area contributed by atoms with Gasteiger partial charge in [-0.1, -0.05) is 6.42 Å². The molecule has 1 fully saturated rings. The molecule has 1 aromatic carbocycles. The van der Waals surface area contributed by atoms with E-state index in [1.807, 2.05) is 42.1 Å². The van der Waals surface area contributed by atoms with E-state index in [-0.39, 0.29) is 11.9 Å². The lowest BCUT2D eigenvalue weighted by atomic mass is 10.00. The van der Waals surface area contributed by atoms with E-state index in [4.69, 9.17) is 10.5 Å². The molecule has 1 aromatic heterocycles. The van der Waals surface area contributed by atoms with Crippen molar-refractivity contribution in [3.05, 3.63) is 42.5 Å². The lowest BCUT2D eigenvalue weighted by Gasteiger charge is -2.15. The molecule has 3 N–H and O–H groups in total. The predicted octanol–water partition coefficient (Wildman–Crippen LogP) is 2.46. The van der Waals surface area contributed by atoms with Crippen LogP contribution in [0.4, 0.5) is 5.69 Å². The van der Waals surface area contributed by atoms with E-state index >= 15 is 0 Å². The number of amides is 1. The average Bonchev–Trinajstić information content (AvgIpc) is 3.15. The smallest absolute Gasteiger partial charge is 0.224 e. The monoisotopic (exact) mass is 328 g/mol. The molecule has 3 rings (SSSR count). The molecule has 1 aliphatic rings. The normalized spacial score (nSPS) is 20.1. The number of aromatic nitrogens is 2. The molecule has 128 valence electrons. The van der Waals surface area contributed by atoms with Crippen molar-refractivity contribution in [2.24, 2.45) is 18.7 Å². The molecule has 0 saturated heterocycles. The molecule has 24 heavy (non-hydrogen) atoms. The second-order valence-corrected chi connectivity index (χ2v) is 6.37. The van der Waals surface area contributed by atoms with Crippen molar-refractivity contribution in [3.63, 3.8) is 0 Å². The lowest BCUT2D eigenvalue weighted by Crippen LogP contribution is -2.28. The van der Waals surface area contributed by atoms with E-state index in [0.29, 0.717) is 18.9 Å². The highest BCUT2D eigenvalue weighted by atomic mass is 16.5. The molecule has 6 heteroatoms. The van der Waals surface area contributed by atoms with Gasteiger partial charge in [-0.15, -0.1) is 0 Å². The molecular weight excluding hydrogens is 304 g/mol. The lowest BCUT2D eigenvalue weighted by molar-refractivity contribution is -0.117. The summed E-state index contributed by atoms with van der Waals surface area (Å²) in [5.74, 6) is 1.94. The molecule has 0 spiro atoms. The third-order valence-corrected chi connectivity index (χ3v) is 4.59. The quantitative estimate of drug-likeness (QED) is 0.853. The standard InChI is InChI=1S/C18H24N4O2/c1-22-10-9-20-17(22)12-24-15-7-5-14(6-8-15)21-18(23)11-13-3-2-4-16(13)19/h5-10,13,16H,2-4,11-12,19H2,1H3,(H,21,23)/t13-,16+/m0/s1. The van der Waals surface area contributed by atoms with Gasteiger partial charge in [0.05, 0.1) is 0 Å². The Morgan fingerprint density at radius 2 is 2.17 bits per heavy atom. The van der Waals surface area contributed by atoms with Gasteiger partial charge in [0, 0.05) is 37.6 Å². The van der Waals surface area contributed by atoms with Crippen LogP contribution in [0.3, 0.4) is 0 Å². The maximum Gasteiger partial charge on any atom is 0.224 e. The average molecular weight is 328 g/mol. The molecule has 1 heterocycles. The van der Waals surface area contributed by atoms with E-state index in [2.05, 4.69) is 10.3 Å². The Morgan fingerprint density at radius 3 is 2.79 bits per heavy atom. The minimum absolute atomic E-state index is 0.0269. The Bertz CT molecular complexity index is 681. The molecule has 0 radical (unpaired) electrons. The summed E-state index contributed by atoms with van der Waals surface area (Å²) in [5.41, 5.74) is 6.80. The number of nitrogens with zero attached hydrogens (tertiary/aromatic N) is 2. The fraction of sp³-hybridized carbons (Fsp3) is 0.444. The van der Waals surface area contributed by atoms with Crippen LogP contribution in [-0.2, 0) is 18.4 Å². The van der Waals surface area contributed by atoms with Crippen molar-refractivity contribution < 1.29 is 9.53 Å². The second-order valence-electron chi connectivity index (χ2n) is 6.37. The summed E-state index contributed by atoms with van der Waals surface area (Å²) in [6.07, 6.45) is 7.33. The van der Waals surface area contributed by atoms with Gasteiger partial charge in [-0.05, 0) is 43.0 Å². The number of hydrogen-bond acceptors (Lipinski definition) is 4. The van der Waals surface area contributed by atoms with Crippen molar-refractivity contribution in [3.8, 4) is 5.75 Å². The predicted molar refractivity (Wildman–Crippen MR) is 92.5 cm³/mol. The number of nitrogens with one attached hydrogen (secondary N) is 1. The number of nitrogens with two attached hydrogens (primary N) is 1. The van der Waals surface area contributed by atoms with Gasteiger partial charge in [0.1, 0.15) is 18.2 Å². The SMILES string of the molecule is Cn1ccnc1COc1ccc(NC(=O)C[C@@H]2CCC[C@H]2N)cc1. The molecule has 1 aliphatic carbocycles. The number of benzene rings is 1. The van der Waals surface area contributed by atoms with Gasteiger partial charge >= 0.3 is 0 Å². The van der Waals surface area contributed by atoms with Gasteiger partial charge in [0.25, 0.3) is 0 Å². The fourth-order valence-corrected chi connectivity index (χ4v) is 3.09. The summed E-state index contributed by atoms with van der Waals surface area (Å²) in [5, 5.41) is 2.93. The Labute approximate surface area is 142 Å². The maximum atomic E-state index is 12.1. The molecule has 2 aromatic rings. The number of imidazole rings is 1. The third-order valence-electron chi connectivity index (χ3n) is 4.59. The van der Waals surface area contributed by atoms with Crippen molar-refractivity contribution in [2.75, 3.05) is 5.32 Å². The van der Waals surface area contributed by atoms with Crippen molar-refractivity contribution in [2.45, 2.75) is 38.3 Å². The van der Waals surface area contributed by atoms with Crippen LogP contribution in [0.1, 0.15) is 31.5 Å². The summed E-state index contributed by atoms with van der Waals surface area (Å²) in [7, 11) is 1.93. The molecule has 0 bridgehead atoms. The molecule has 0 aliphatic heterocycles. The Hall–Kier alpha value is -2.34. The minimum Gasteiger partial charge on any atom is -0.486 e. The first-order chi connectivity index (χ1) is 11.6. The highest BCUT2D eigenvalue weighted by Gasteiger charge is 2.25. The van der Waals surface area contributed by atoms with Crippen LogP contribution in [0.2, 0.25) is 0 Å². The zero-order valence-electron chi connectivity index (χ0n) is 13.9. The van der Waals surface area contributed by atoms with Crippen LogP contribution in [0.5, 0.6) is 5.75 Å². The zero-order valence-corrected chi connectivity index (χ0v) is 13.9. The Kier molecular flexibility index (Phi) is 5.15. The number of hydrogen-bond donors (Lipinski definition) is 2. The van der Waals surface area contributed by atoms with Gasteiger partial charge in [-0.2, -0.15) is 0 Å². The van der Waals surface area contributed by atoms with Gasteiger partial charge in [0.2, 0.25) is 5.91 Å². The largest absolute Gasteiger partial charge is 0.486 e. The molecule has 0 unspecified atom stereocenters. The molecule has 2 atom stereocenters. The first-order valence-corrected chi connectivity index (χ1v) is 8.36. The second kappa shape index (κ2) is 7.49. The fourth-order valence-electron chi connectivity index (χ4n) is 3.09. The van der Waals surface area contributed by atoms with E-state index in [1.165, 1.54) is 0 Å². The summed E-state index contributed by atoms with van der Waals surface area (Å²) in [6.45, 7) is 0.411. The zero-order chi connectivity index (χ0) is 16.9. The van der Waals surface area contributed by atoms with Crippen LogP contribution in [0.15, 0.2) is 36.7 Å². The number of carbonyl (C=O) groups excluding carboxylic acids is 1. The van der Waals surface area contributed by atoms with E-state index in [9.17, 15) is 4.79 Å². The number of rotatable bonds is 6. The highest BCUT2D eigenvalue weighted by molar-refractivity contribution is 5.90. The van der Waals surface area contributed by atoms with Gasteiger partial charge in [-0.25, -0.2) is 4.98 Å². The van der Waals surface area contributed by atoms with Gasteiger partial charge < -0.3 is 20.4 Å². The van der Waals surface area contributed by atoms with Crippen LogP contribution < -0.4 is 15.8 Å². The molecule has 6 nitrogen and oxygen atoms in total. The van der Waals surface area contributed by atoms with Crippen LogP contribution in [0, 0.1) is 5.92 Å². The Balaban J connectivity index is 1.49. The number of anilines is 1. The highest BCUT2D eigenvalue weighted by Crippen LogP contribution is 2.27. The van der Waals surface area contributed by atoms with Crippen LogP contribution in [0.25, 0.3) is 0 Å². The van der Waals surface area contributed by atoms with Crippen LogP contribution in [-0.4, -0.2) is 21.5 Å². The van der Waals surface area contributed by atoms with Crippen molar-refractivity contribution >= 4 is 11.6 Å². The summed E-state index contributed by atoms with van der Waals surface area (Å²) in [6, 6.07) is 7.55. The third kappa shape index (κ3) is 4.14. The van der Waals surface area contributed by atoms with Gasteiger partial charge in [0.15, 0.2) is 0 Å². The van der Waals surface area contributed by atoms with E-state index in [0.717, 1.165) is 36.5 Å². The number of aryl methyl sites for hydroxylation is 1.